The molecule has 0 N–H and O–H groups in total. The highest BCUT2D eigenvalue weighted by atomic mass is 32.2. The molecule has 0 saturated heterocycles. The van der Waals surface area contributed by atoms with Gasteiger partial charge in [0.25, 0.3) is 0 Å². The largest absolute Gasteiger partial charge is 0.294 e. The minimum atomic E-state index is -3.26. The van der Waals surface area contributed by atoms with Crippen LogP contribution >= 0.6 is 0 Å². The molecular formula is C22H25FO3S. The monoisotopic (exact) mass is 388 g/mol. The number of alkyl halides is 1. The highest BCUT2D eigenvalue weighted by Gasteiger charge is 2.29. The lowest BCUT2D eigenvalue weighted by molar-refractivity contribution is 0.0993. The Morgan fingerprint density at radius 1 is 1.00 bits per heavy atom. The van der Waals surface area contributed by atoms with Crippen LogP contribution in [0.15, 0.2) is 42.5 Å². The van der Waals surface area contributed by atoms with Gasteiger partial charge in [-0.1, -0.05) is 42.5 Å². The number of carbonyl (C=O) groups is 1. The van der Waals surface area contributed by atoms with E-state index in [0.29, 0.717) is 24.0 Å². The molecule has 1 atom stereocenters. The van der Waals surface area contributed by atoms with Gasteiger partial charge in [-0.05, 0) is 43.0 Å². The van der Waals surface area contributed by atoms with Crippen molar-refractivity contribution >= 4 is 15.6 Å². The van der Waals surface area contributed by atoms with E-state index in [2.05, 4.69) is 0 Å². The van der Waals surface area contributed by atoms with Gasteiger partial charge in [-0.25, -0.2) is 12.8 Å². The first-order valence-electron chi connectivity index (χ1n) is 9.14. The molecule has 0 heterocycles. The average molecular weight is 389 g/mol. The molecule has 2 aromatic rings. The standard InChI is InChI=1S/C22H25FO3S/c1-22(2,3)27(25,26)14-15-4-7-17(8-5-15)21(24)11-16-6-9-18-12-20(23)13-19(18)10-16/h4-10,20H,11-14H2,1-3H3. The number of sulfone groups is 1. The Labute approximate surface area is 160 Å². The fourth-order valence-electron chi connectivity index (χ4n) is 3.24. The third kappa shape index (κ3) is 4.46. The van der Waals surface area contributed by atoms with Crippen molar-refractivity contribution < 1.29 is 17.6 Å². The van der Waals surface area contributed by atoms with E-state index in [-0.39, 0.29) is 18.0 Å². The first-order valence-corrected chi connectivity index (χ1v) is 10.8. The Hall–Kier alpha value is -2.01. The van der Waals surface area contributed by atoms with Crippen molar-refractivity contribution in [3.8, 4) is 0 Å². The van der Waals surface area contributed by atoms with Crippen molar-refractivity contribution in [2.24, 2.45) is 0 Å². The number of halogens is 1. The number of Topliss-reactive ketones (excluding diaryl/α,β-unsaturated/α-hetero) is 1. The maximum Gasteiger partial charge on any atom is 0.167 e. The zero-order valence-corrected chi connectivity index (χ0v) is 16.8. The van der Waals surface area contributed by atoms with Crippen LogP contribution in [0, 0.1) is 0 Å². The molecule has 0 radical (unpaired) electrons. The normalized spacial score (nSPS) is 17.0. The SMILES string of the molecule is CC(C)(C)S(=O)(=O)Cc1ccc(C(=O)Cc2ccc3c(c2)CC(F)C3)cc1. The van der Waals surface area contributed by atoms with Crippen molar-refractivity contribution in [1.82, 2.24) is 0 Å². The summed E-state index contributed by atoms with van der Waals surface area (Å²) in [5, 5.41) is 0. The van der Waals surface area contributed by atoms with Crippen LogP contribution in [0.3, 0.4) is 0 Å². The first-order chi connectivity index (χ1) is 12.5. The average Bonchev–Trinajstić information content (AvgIpc) is 2.93. The molecular weight excluding hydrogens is 363 g/mol. The molecule has 1 unspecified atom stereocenters. The Kier molecular flexibility index (Phi) is 5.26. The molecule has 144 valence electrons. The number of rotatable bonds is 5. The summed E-state index contributed by atoms with van der Waals surface area (Å²) < 4.78 is 37.3. The minimum Gasteiger partial charge on any atom is -0.294 e. The van der Waals surface area contributed by atoms with E-state index in [1.807, 2.05) is 18.2 Å². The van der Waals surface area contributed by atoms with Crippen LogP contribution in [0.4, 0.5) is 4.39 Å². The molecule has 3 rings (SSSR count). The molecule has 0 bridgehead atoms. The lowest BCUT2D eigenvalue weighted by atomic mass is 9.99. The Balaban J connectivity index is 1.69. The van der Waals surface area contributed by atoms with E-state index < -0.39 is 20.8 Å². The second-order valence-corrected chi connectivity index (χ2v) is 11.0. The third-order valence-electron chi connectivity index (χ3n) is 5.08. The smallest absolute Gasteiger partial charge is 0.167 e. The molecule has 0 spiro atoms. The van der Waals surface area contributed by atoms with Gasteiger partial charge in [-0.15, -0.1) is 0 Å². The topological polar surface area (TPSA) is 51.2 Å². The summed E-state index contributed by atoms with van der Waals surface area (Å²) in [6.45, 7) is 5.05. The number of benzene rings is 2. The predicted molar refractivity (Wildman–Crippen MR) is 106 cm³/mol. The van der Waals surface area contributed by atoms with Gasteiger partial charge in [0.05, 0.1) is 10.5 Å². The maximum absolute atomic E-state index is 13.5. The quantitative estimate of drug-likeness (QED) is 0.719. The van der Waals surface area contributed by atoms with E-state index in [1.54, 1.807) is 45.0 Å². The van der Waals surface area contributed by atoms with Gasteiger partial charge >= 0.3 is 0 Å². The van der Waals surface area contributed by atoms with Crippen LogP contribution in [-0.4, -0.2) is 25.1 Å². The molecule has 2 aromatic carbocycles. The number of hydrogen-bond acceptors (Lipinski definition) is 3. The predicted octanol–water partition coefficient (Wildman–Crippen LogP) is 4.26. The van der Waals surface area contributed by atoms with Crippen LogP contribution in [-0.2, 0) is 34.9 Å². The molecule has 0 fully saturated rings. The number of carbonyl (C=O) groups excluding carboxylic acids is 1. The zero-order chi connectivity index (χ0) is 19.8. The zero-order valence-electron chi connectivity index (χ0n) is 16.0. The van der Waals surface area contributed by atoms with E-state index in [1.165, 1.54) is 0 Å². The van der Waals surface area contributed by atoms with E-state index in [0.717, 1.165) is 16.7 Å². The molecule has 5 heteroatoms. The summed E-state index contributed by atoms with van der Waals surface area (Å²) in [5.41, 5.74) is 4.13. The number of fused-ring (bicyclic) bond motifs is 1. The lowest BCUT2D eigenvalue weighted by Gasteiger charge is -2.19. The summed E-state index contributed by atoms with van der Waals surface area (Å²) in [6, 6.07) is 12.5. The molecule has 1 aliphatic carbocycles. The van der Waals surface area contributed by atoms with Crippen LogP contribution in [0.1, 0.15) is 53.4 Å². The van der Waals surface area contributed by atoms with Crippen molar-refractivity contribution in [2.75, 3.05) is 0 Å². The van der Waals surface area contributed by atoms with Gasteiger partial charge in [0.15, 0.2) is 15.6 Å². The van der Waals surface area contributed by atoms with E-state index in [9.17, 15) is 17.6 Å². The van der Waals surface area contributed by atoms with Gasteiger partial charge in [0.2, 0.25) is 0 Å². The first kappa shape index (κ1) is 19.7. The lowest BCUT2D eigenvalue weighted by Crippen LogP contribution is -2.29. The molecule has 0 saturated carbocycles. The summed E-state index contributed by atoms with van der Waals surface area (Å²) in [4.78, 5) is 12.5. The van der Waals surface area contributed by atoms with Crippen molar-refractivity contribution in [1.29, 1.82) is 0 Å². The van der Waals surface area contributed by atoms with Crippen molar-refractivity contribution in [2.45, 2.75) is 56.7 Å². The fraction of sp³-hybridized carbons (Fsp3) is 0.409. The minimum absolute atomic E-state index is 0.0324. The van der Waals surface area contributed by atoms with Crippen LogP contribution in [0.5, 0.6) is 0 Å². The van der Waals surface area contributed by atoms with Crippen LogP contribution in [0.2, 0.25) is 0 Å². The van der Waals surface area contributed by atoms with Crippen LogP contribution in [0.25, 0.3) is 0 Å². The molecule has 1 aliphatic rings. The van der Waals surface area contributed by atoms with E-state index in [4.69, 9.17) is 0 Å². The molecule has 3 nitrogen and oxygen atoms in total. The Morgan fingerprint density at radius 2 is 1.59 bits per heavy atom. The summed E-state index contributed by atoms with van der Waals surface area (Å²) in [5.74, 6) is -0.0739. The number of ketones is 1. The summed E-state index contributed by atoms with van der Waals surface area (Å²) in [7, 11) is -3.26. The fourth-order valence-corrected chi connectivity index (χ4v) is 4.30. The van der Waals surface area contributed by atoms with Crippen molar-refractivity contribution in [3.63, 3.8) is 0 Å². The van der Waals surface area contributed by atoms with Gasteiger partial charge in [0.1, 0.15) is 6.17 Å². The number of hydrogen-bond donors (Lipinski definition) is 0. The molecule has 0 aliphatic heterocycles. The van der Waals surface area contributed by atoms with Crippen molar-refractivity contribution in [3.05, 3.63) is 70.3 Å². The second kappa shape index (κ2) is 7.19. The van der Waals surface area contributed by atoms with Crippen LogP contribution < -0.4 is 0 Å². The summed E-state index contributed by atoms with van der Waals surface area (Å²) in [6.07, 6.45) is 0.323. The molecule has 27 heavy (non-hydrogen) atoms. The highest BCUT2D eigenvalue weighted by molar-refractivity contribution is 7.91. The molecule has 0 amide bonds. The van der Waals surface area contributed by atoms with Gasteiger partial charge < -0.3 is 0 Å². The maximum atomic E-state index is 13.5. The Morgan fingerprint density at radius 3 is 2.22 bits per heavy atom. The third-order valence-corrected chi connectivity index (χ3v) is 7.66. The van der Waals surface area contributed by atoms with Gasteiger partial charge in [0, 0.05) is 24.8 Å². The molecule has 0 aromatic heterocycles. The Bertz CT molecular complexity index is 954. The summed E-state index contributed by atoms with van der Waals surface area (Å²) >= 11 is 0. The van der Waals surface area contributed by atoms with E-state index >= 15 is 0 Å². The highest BCUT2D eigenvalue weighted by Crippen LogP contribution is 2.26. The van der Waals surface area contributed by atoms with Gasteiger partial charge in [-0.3, -0.25) is 4.79 Å². The van der Waals surface area contributed by atoms with Gasteiger partial charge in [-0.2, -0.15) is 0 Å². The second-order valence-electron chi connectivity index (χ2n) is 8.28.